The largest absolute Gasteiger partial charge is 0.394 e. The molecule has 1 atom stereocenters. The summed E-state index contributed by atoms with van der Waals surface area (Å²) in [5.74, 6) is 0. The zero-order chi connectivity index (χ0) is 11.3. The fraction of sp³-hybridized carbons (Fsp3) is 0.500. The van der Waals surface area contributed by atoms with E-state index in [4.69, 9.17) is 14.9 Å². The number of aliphatic hydroxyl groups is 2. The normalized spacial score (nSPS) is 12.2. The van der Waals surface area contributed by atoms with Crippen LogP contribution in [-0.2, 0) is 25.2 Å². The molecular formula is C10H15NO4Pd. The Morgan fingerprint density at radius 1 is 1.31 bits per heavy atom. The molecule has 0 aliphatic carbocycles. The molecule has 1 rings (SSSR count). The van der Waals surface area contributed by atoms with E-state index in [-0.39, 0.29) is 45.3 Å². The number of aliphatic hydroxyl groups excluding tert-OH is 2. The summed E-state index contributed by atoms with van der Waals surface area (Å²) in [6.45, 7) is 1.30. The molecule has 1 aromatic heterocycles. The van der Waals surface area contributed by atoms with Crippen molar-refractivity contribution in [3.05, 3.63) is 34.7 Å². The first kappa shape index (κ1) is 15.5. The molecule has 0 bridgehead atoms. The molecule has 0 aliphatic heterocycles. The molecular weight excluding hydrogens is 305 g/mol. The zero-order valence-electron chi connectivity index (χ0n) is 8.85. The molecule has 0 amide bonds. The van der Waals surface area contributed by atoms with Gasteiger partial charge in [0, 0.05) is 44.9 Å². The molecule has 0 spiro atoms. The van der Waals surface area contributed by atoms with Gasteiger partial charge in [0.2, 0.25) is 0 Å². The molecule has 0 radical (unpaired) electrons. The Kier molecular flexibility index (Phi) is 7.47. The van der Waals surface area contributed by atoms with Crippen LogP contribution in [0, 0.1) is 0 Å². The van der Waals surface area contributed by atoms with E-state index >= 15 is 0 Å². The molecule has 6 heteroatoms. The quantitative estimate of drug-likeness (QED) is 0.733. The molecule has 16 heavy (non-hydrogen) atoms. The van der Waals surface area contributed by atoms with Crippen molar-refractivity contribution in [3.8, 4) is 0 Å². The molecule has 2 N–H and O–H groups in total. The number of nitrogens with zero attached hydrogens (tertiary/aromatic N) is 1. The van der Waals surface area contributed by atoms with Gasteiger partial charge in [0.1, 0.15) is 12.3 Å². The predicted molar refractivity (Wildman–Crippen MR) is 54.5 cm³/mol. The Morgan fingerprint density at radius 3 is 2.25 bits per heavy atom. The van der Waals surface area contributed by atoms with Crippen LogP contribution in [0.3, 0.4) is 0 Å². The summed E-state index contributed by atoms with van der Waals surface area (Å²) in [4.78, 5) is 10.8. The summed E-state index contributed by atoms with van der Waals surface area (Å²) >= 11 is 0. The van der Waals surface area contributed by atoms with E-state index in [1.54, 1.807) is 23.9 Å². The van der Waals surface area contributed by atoms with Gasteiger partial charge in [0.05, 0.1) is 13.2 Å². The van der Waals surface area contributed by atoms with E-state index in [2.05, 4.69) is 0 Å². The summed E-state index contributed by atoms with van der Waals surface area (Å²) in [5, 5.41) is 17.6. The van der Waals surface area contributed by atoms with Crippen molar-refractivity contribution in [1.82, 2.24) is 4.57 Å². The molecule has 1 aromatic rings. The standard InChI is InChI=1S/C10H15NO4.Pd/c1-8(15-10(6-12)7-13)11-4-2-9(14)3-5-11;/h2-5,8,10,12-13H,6-7H2,1H3;. The maximum Gasteiger partial charge on any atom is 0.181 e. The van der Waals surface area contributed by atoms with E-state index in [9.17, 15) is 4.79 Å². The Hall–Kier alpha value is -0.508. The minimum atomic E-state index is -0.598. The van der Waals surface area contributed by atoms with Gasteiger partial charge in [-0.2, -0.15) is 0 Å². The molecule has 1 heterocycles. The molecule has 1 unspecified atom stereocenters. The maximum absolute atomic E-state index is 10.8. The van der Waals surface area contributed by atoms with Gasteiger partial charge >= 0.3 is 0 Å². The fourth-order valence-corrected chi connectivity index (χ4v) is 1.16. The first-order chi connectivity index (χ1) is 7.17. The van der Waals surface area contributed by atoms with Crippen LogP contribution >= 0.6 is 0 Å². The molecule has 5 nitrogen and oxygen atoms in total. The first-order valence-corrected chi connectivity index (χ1v) is 4.72. The third-order valence-electron chi connectivity index (χ3n) is 2.04. The number of aromatic nitrogens is 1. The predicted octanol–water partition coefficient (Wildman–Crippen LogP) is -0.266. The van der Waals surface area contributed by atoms with E-state index in [1.165, 1.54) is 12.1 Å². The minimum absolute atomic E-state index is 0. The van der Waals surface area contributed by atoms with Gasteiger partial charge in [-0.15, -0.1) is 0 Å². The van der Waals surface area contributed by atoms with Crippen LogP contribution < -0.4 is 5.43 Å². The summed E-state index contributed by atoms with van der Waals surface area (Å²) in [7, 11) is 0. The number of rotatable bonds is 5. The second-order valence-corrected chi connectivity index (χ2v) is 3.20. The van der Waals surface area contributed by atoms with E-state index in [0.29, 0.717) is 0 Å². The molecule has 0 saturated heterocycles. The van der Waals surface area contributed by atoms with Crippen molar-refractivity contribution in [2.24, 2.45) is 0 Å². The third kappa shape index (κ3) is 4.56. The monoisotopic (exact) mass is 319 g/mol. The van der Waals surface area contributed by atoms with Gasteiger partial charge in [-0.3, -0.25) is 4.79 Å². The van der Waals surface area contributed by atoms with Crippen molar-refractivity contribution in [2.75, 3.05) is 13.2 Å². The van der Waals surface area contributed by atoms with Gasteiger partial charge in [0.15, 0.2) is 5.43 Å². The van der Waals surface area contributed by atoms with Gasteiger partial charge in [-0.1, -0.05) is 0 Å². The van der Waals surface area contributed by atoms with Crippen molar-refractivity contribution in [2.45, 2.75) is 19.3 Å². The first-order valence-electron chi connectivity index (χ1n) is 4.72. The van der Waals surface area contributed by atoms with Crippen LogP contribution in [0.4, 0.5) is 0 Å². The Labute approximate surface area is 107 Å². The second-order valence-electron chi connectivity index (χ2n) is 3.20. The molecule has 0 aromatic carbocycles. The van der Waals surface area contributed by atoms with Gasteiger partial charge < -0.3 is 19.5 Å². The Bertz CT molecular complexity index is 330. The minimum Gasteiger partial charge on any atom is -0.394 e. The van der Waals surface area contributed by atoms with Crippen molar-refractivity contribution < 1.29 is 35.4 Å². The van der Waals surface area contributed by atoms with Crippen LogP contribution in [-0.4, -0.2) is 34.1 Å². The van der Waals surface area contributed by atoms with Gasteiger partial charge in [0.25, 0.3) is 0 Å². The van der Waals surface area contributed by atoms with Crippen molar-refractivity contribution in [1.29, 1.82) is 0 Å². The Balaban J connectivity index is 0.00000225. The van der Waals surface area contributed by atoms with Crippen molar-refractivity contribution >= 4 is 0 Å². The fourth-order valence-electron chi connectivity index (χ4n) is 1.16. The summed E-state index contributed by atoms with van der Waals surface area (Å²) in [6, 6.07) is 2.85. The number of hydrogen-bond donors (Lipinski definition) is 2. The van der Waals surface area contributed by atoms with E-state index < -0.39 is 6.10 Å². The van der Waals surface area contributed by atoms with E-state index in [0.717, 1.165) is 0 Å². The maximum atomic E-state index is 10.8. The van der Waals surface area contributed by atoms with E-state index in [1.807, 2.05) is 0 Å². The summed E-state index contributed by atoms with van der Waals surface area (Å²) in [6.07, 6.45) is 2.26. The SMILES string of the molecule is CC(OC(CO)CO)n1ccc(=O)cc1.[Pd]. The number of pyridine rings is 1. The van der Waals surface area contributed by atoms with Crippen LogP contribution in [0.15, 0.2) is 29.3 Å². The Morgan fingerprint density at radius 2 is 1.81 bits per heavy atom. The average molecular weight is 320 g/mol. The average Bonchev–Trinajstić information content (AvgIpc) is 2.26. The summed E-state index contributed by atoms with van der Waals surface area (Å²) < 4.78 is 7.02. The van der Waals surface area contributed by atoms with Gasteiger partial charge in [-0.05, 0) is 6.92 Å². The van der Waals surface area contributed by atoms with Crippen LogP contribution in [0.1, 0.15) is 13.2 Å². The molecule has 0 fully saturated rings. The van der Waals surface area contributed by atoms with Gasteiger partial charge in [-0.25, -0.2) is 0 Å². The van der Waals surface area contributed by atoms with Crippen molar-refractivity contribution in [3.63, 3.8) is 0 Å². The molecule has 0 saturated carbocycles. The third-order valence-corrected chi connectivity index (χ3v) is 2.04. The number of hydrogen-bond acceptors (Lipinski definition) is 4. The second kappa shape index (κ2) is 7.71. The van der Waals surface area contributed by atoms with Crippen LogP contribution in [0.25, 0.3) is 0 Å². The van der Waals surface area contributed by atoms with Crippen LogP contribution in [0.2, 0.25) is 0 Å². The molecule has 0 aliphatic rings. The topological polar surface area (TPSA) is 71.7 Å². The summed E-state index contributed by atoms with van der Waals surface area (Å²) in [5.41, 5.74) is -0.0701. The van der Waals surface area contributed by atoms with Crippen LogP contribution in [0.5, 0.6) is 0 Å². The molecule has 94 valence electrons. The zero-order valence-corrected chi connectivity index (χ0v) is 10.4. The smallest absolute Gasteiger partial charge is 0.181 e. The number of ether oxygens (including phenoxy) is 1.